The number of anilines is 1. The second-order valence-corrected chi connectivity index (χ2v) is 7.38. The number of ether oxygens (including phenoxy) is 1. The number of thioether (sulfide) groups is 1. The molecule has 1 fully saturated rings. The molecule has 0 atom stereocenters. The van der Waals surface area contributed by atoms with Gasteiger partial charge in [0.05, 0.1) is 12.6 Å². The van der Waals surface area contributed by atoms with Crippen molar-refractivity contribution in [3.63, 3.8) is 0 Å². The molecule has 1 N–H and O–H groups in total. The molecule has 1 aliphatic heterocycles. The highest BCUT2D eigenvalue weighted by molar-refractivity contribution is 9.10. The Morgan fingerprint density at radius 2 is 2.05 bits per heavy atom. The molecule has 1 heterocycles. The average molecular weight is 355 g/mol. The molecule has 3 rings (SSSR count). The molecule has 108 valence electrons. The first kappa shape index (κ1) is 14.3. The van der Waals surface area contributed by atoms with E-state index in [1.165, 1.54) is 32.1 Å². The minimum absolute atomic E-state index is 0.210. The van der Waals surface area contributed by atoms with Crippen molar-refractivity contribution in [1.82, 2.24) is 0 Å². The maximum Gasteiger partial charge on any atom is 0.161 e. The van der Waals surface area contributed by atoms with Gasteiger partial charge in [0.25, 0.3) is 0 Å². The third-order valence-electron chi connectivity index (χ3n) is 3.96. The normalized spacial score (nSPS) is 20.8. The van der Waals surface area contributed by atoms with Gasteiger partial charge in [-0.25, -0.2) is 0 Å². The Balaban J connectivity index is 1.75. The molecule has 0 saturated heterocycles. The van der Waals surface area contributed by atoms with Crippen LogP contribution in [0.3, 0.4) is 0 Å². The van der Waals surface area contributed by atoms with Gasteiger partial charge in [0.15, 0.2) is 5.17 Å². The molecule has 1 aliphatic carbocycles. The number of methoxy groups -OCH3 is 1. The van der Waals surface area contributed by atoms with Crippen LogP contribution in [0.1, 0.15) is 32.1 Å². The van der Waals surface area contributed by atoms with E-state index in [1.54, 1.807) is 7.11 Å². The summed E-state index contributed by atoms with van der Waals surface area (Å²) in [6.07, 6.45) is 6.50. The monoisotopic (exact) mass is 354 g/mol. The van der Waals surface area contributed by atoms with Gasteiger partial charge in [0.1, 0.15) is 5.75 Å². The molecule has 0 radical (unpaired) electrons. The van der Waals surface area contributed by atoms with Gasteiger partial charge in [0.2, 0.25) is 0 Å². The van der Waals surface area contributed by atoms with E-state index in [4.69, 9.17) is 9.73 Å². The molecule has 20 heavy (non-hydrogen) atoms. The van der Waals surface area contributed by atoms with E-state index in [9.17, 15) is 0 Å². The zero-order valence-corrected chi connectivity index (χ0v) is 14.0. The molecule has 0 bridgehead atoms. The number of hydrogen-bond donors (Lipinski definition) is 1. The summed E-state index contributed by atoms with van der Waals surface area (Å²) in [6, 6.07) is 6.01. The molecular weight excluding hydrogens is 336 g/mol. The van der Waals surface area contributed by atoms with Crippen molar-refractivity contribution in [3.05, 3.63) is 22.7 Å². The van der Waals surface area contributed by atoms with Crippen molar-refractivity contribution in [2.75, 3.05) is 18.2 Å². The maximum absolute atomic E-state index is 5.29. The molecule has 0 aromatic heterocycles. The van der Waals surface area contributed by atoms with Crippen molar-refractivity contribution >= 4 is 38.5 Å². The largest absolute Gasteiger partial charge is 0.497 e. The number of halogens is 1. The summed E-state index contributed by atoms with van der Waals surface area (Å²) >= 11 is 5.35. The van der Waals surface area contributed by atoms with Crippen molar-refractivity contribution < 1.29 is 4.74 Å². The second-order valence-electron chi connectivity index (χ2n) is 5.50. The summed E-state index contributed by atoms with van der Waals surface area (Å²) in [5, 5.41) is 4.48. The van der Waals surface area contributed by atoms with Crippen molar-refractivity contribution in [1.29, 1.82) is 0 Å². The van der Waals surface area contributed by atoms with Crippen LogP contribution in [-0.4, -0.2) is 23.6 Å². The topological polar surface area (TPSA) is 33.6 Å². The van der Waals surface area contributed by atoms with Crippen LogP contribution >= 0.6 is 27.7 Å². The van der Waals surface area contributed by atoms with E-state index in [0.29, 0.717) is 0 Å². The van der Waals surface area contributed by atoms with Gasteiger partial charge in [-0.2, -0.15) is 0 Å². The van der Waals surface area contributed by atoms with Crippen molar-refractivity contribution in [2.45, 2.75) is 37.6 Å². The van der Waals surface area contributed by atoms with E-state index in [0.717, 1.165) is 26.8 Å². The number of nitrogens with one attached hydrogen (secondary N) is 1. The van der Waals surface area contributed by atoms with Crippen LogP contribution in [0.25, 0.3) is 0 Å². The zero-order valence-electron chi connectivity index (χ0n) is 11.6. The maximum atomic E-state index is 5.29. The summed E-state index contributed by atoms with van der Waals surface area (Å²) in [6.45, 7) is 0. The number of nitrogens with zero attached hydrogens (tertiary/aromatic N) is 1. The Labute approximate surface area is 132 Å². The van der Waals surface area contributed by atoms with Crippen LogP contribution in [-0.2, 0) is 0 Å². The number of benzene rings is 1. The number of aliphatic imine (C=N–C) groups is 1. The summed E-state index contributed by atoms with van der Waals surface area (Å²) < 4.78 is 6.30. The fourth-order valence-electron chi connectivity index (χ4n) is 2.89. The number of rotatable bonds is 2. The van der Waals surface area contributed by atoms with Crippen molar-refractivity contribution in [3.8, 4) is 5.75 Å². The lowest BCUT2D eigenvalue weighted by atomic mass is 9.84. The highest BCUT2D eigenvalue weighted by atomic mass is 79.9. The molecule has 1 aromatic carbocycles. The van der Waals surface area contributed by atoms with Gasteiger partial charge in [-0.3, -0.25) is 4.99 Å². The van der Waals surface area contributed by atoms with E-state index in [-0.39, 0.29) is 5.54 Å². The first-order valence-corrected chi connectivity index (χ1v) is 8.81. The smallest absolute Gasteiger partial charge is 0.161 e. The van der Waals surface area contributed by atoms with E-state index < -0.39 is 0 Å². The predicted octanol–water partition coefficient (Wildman–Crippen LogP) is 4.68. The van der Waals surface area contributed by atoms with Gasteiger partial charge in [0, 0.05) is 22.0 Å². The van der Waals surface area contributed by atoms with E-state index >= 15 is 0 Å². The SMILES string of the molecule is COc1cc(Br)cc(NC2=NC3(CCCCC3)CS2)c1. The standard InChI is InChI=1S/C15H19BrN2OS/c1-19-13-8-11(16)7-12(9-13)17-14-18-15(10-20-14)5-3-2-4-6-15/h7-9H,2-6,10H2,1H3,(H,17,18). The Morgan fingerprint density at radius 1 is 1.25 bits per heavy atom. The minimum Gasteiger partial charge on any atom is -0.497 e. The Bertz CT molecular complexity index is 527. The lowest BCUT2D eigenvalue weighted by Gasteiger charge is -2.29. The molecular formula is C15H19BrN2OS. The Morgan fingerprint density at radius 3 is 2.80 bits per heavy atom. The fraction of sp³-hybridized carbons (Fsp3) is 0.533. The van der Waals surface area contributed by atoms with Gasteiger partial charge in [-0.1, -0.05) is 47.0 Å². The van der Waals surface area contributed by atoms with Crippen LogP contribution in [0.2, 0.25) is 0 Å². The summed E-state index contributed by atoms with van der Waals surface area (Å²) in [5.41, 5.74) is 1.23. The van der Waals surface area contributed by atoms with Crippen LogP contribution in [0.5, 0.6) is 5.75 Å². The van der Waals surface area contributed by atoms with Crippen molar-refractivity contribution in [2.24, 2.45) is 4.99 Å². The van der Waals surface area contributed by atoms with Crippen LogP contribution in [0.15, 0.2) is 27.7 Å². The quantitative estimate of drug-likeness (QED) is 0.837. The predicted molar refractivity (Wildman–Crippen MR) is 90.0 cm³/mol. The van der Waals surface area contributed by atoms with E-state index in [2.05, 4.69) is 27.3 Å². The molecule has 1 saturated carbocycles. The molecule has 3 nitrogen and oxygen atoms in total. The molecule has 1 spiro atoms. The lowest BCUT2D eigenvalue weighted by molar-refractivity contribution is 0.335. The molecule has 0 amide bonds. The Kier molecular flexibility index (Phi) is 4.26. The first-order valence-electron chi connectivity index (χ1n) is 7.03. The minimum atomic E-state index is 0.210. The Hall–Kier alpha value is -0.680. The van der Waals surface area contributed by atoms with Gasteiger partial charge < -0.3 is 10.1 Å². The zero-order chi connectivity index (χ0) is 14.0. The molecule has 5 heteroatoms. The van der Waals surface area contributed by atoms with Crippen LogP contribution < -0.4 is 10.1 Å². The summed E-state index contributed by atoms with van der Waals surface area (Å²) in [7, 11) is 1.68. The molecule has 1 aromatic rings. The highest BCUT2D eigenvalue weighted by Crippen LogP contribution is 2.40. The molecule has 0 unspecified atom stereocenters. The van der Waals surface area contributed by atoms with Gasteiger partial charge >= 0.3 is 0 Å². The summed E-state index contributed by atoms with van der Waals surface area (Å²) in [5.74, 6) is 1.97. The molecule has 2 aliphatic rings. The van der Waals surface area contributed by atoms with Gasteiger partial charge in [-0.15, -0.1) is 0 Å². The third-order valence-corrected chi connectivity index (χ3v) is 5.57. The average Bonchev–Trinajstić information content (AvgIpc) is 2.81. The lowest BCUT2D eigenvalue weighted by Crippen LogP contribution is -2.29. The van der Waals surface area contributed by atoms with Crippen LogP contribution in [0.4, 0.5) is 5.69 Å². The number of hydrogen-bond acceptors (Lipinski definition) is 4. The summed E-state index contributed by atoms with van der Waals surface area (Å²) in [4.78, 5) is 4.97. The second kappa shape index (κ2) is 5.98. The van der Waals surface area contributed by atoms with Crippen LogP contribution in [0, 0.1) is 0 Å². The van der Waals surface area contributed by atoms with E-state index in [1.807, 2.05) is 23.9 Å². The third kappa shape index (κ3) is 3.14. The first-order chi connectivity index (χ1) is 9.69. The highest BCUT2D eigenvalue weighted by Gasteiger charge is 2.36. The van der Waals surface area contributed by atoms with Gasteiger partial charge in [-0.05, 0) is 25.0 Å². The number of amidine groups is 1. The fourth-order valence-corrected chi connectivity index (χ4v) is 4.57.